The SMILES string of the molecule is O=C(NCC1(c2ccc(Cl)cc2)CCOCC1)c1cc(Br)ccc1F. The first-order chi connectivity index (χ1) is 12.0. The van der Waals surface area contributed by atoms with Gasteiger partial charge in [-0.25, -0.2) is 4.39 Å². The summed E-state index contributed by atoms with van der Waals surface area (Å²) in [6.07, 6.45) is 1.58. The number of rotatable bonds is 4. The van der Waals surface area contributed by atoms with Crippen molar-refractivity contribution in [2.75, 3.05) is 19.8 Å². The second kappa shape index (κ2) is 7.85. The van der Waals surface area contributed by atoms with E-state index in [1.54, 1.807) is 6.07 Å². The van der Waals surface area contributed by atoms with Crippen LogP contribution in [-0.4, -0.2) is 25.7 Å². The van der Waals surface area contributed by atoms with E-state index in [4.69, 9.17) is 16.3 Å². The highest BCUT2D eigenvalue weighted by Crippen LogP contribution is 2.35. The van der Waals surface area contributed by atoms with E-state index in [1.807, 2.05) is 24.3 Å². The molecule has 132 valence electrons. The molecule has 1 N–H and O–H groups in total. The summed E-state index contributed by atoms with van der Waals surface area (Å²) in [7, 11) is 0. The Bertz CT molecular complexity index is 761. The van der Waals surface area contributed by atoms with Crippen LogP contribution in [-0.2, 0) is 10.2 Å². The number of amides is 1. The van der Waals surface area contributed by atoms with Crippen LogP contribution >= 0.6 is 27.5 Å². The molecule has 25 heavy (non-hydrogen) atoms. The fraction of sp³-hybridized carbons (Fsp3) is 0.316. The number of halogens is 3. The van der Waals surface area contributed by atoms with Gasteiger partial charge in [-0.1, -0.05) is 39.7 Å². The summed E-state index contributed by atoms with van der Waals surface area (Å²) in [4.78, 5) is 12.5. The molecule has 1 heterocycles. The lowest BCUT2D eigenvalue weighted by atomic mass is 9.74. The Hall–Kier alpha value is -1.43. The van der Waals surface area contributed by atoms with Gasteiger partial charge in [-0.15, -0.1) is 0 Å². The predicted octanol–water partition coefficient (Wildman–Crippen LogP) is 4.72. The van der Waals surface area contributed by atoms with Gasteiger partial charge in [0.05, 0.1) is 5.56 Å². The first-order valence-corrected chi connectivity index (χ1v) is 9.24. The van der Waals surface area contributed by atoms with Gasteiger partial charge in [-0.2, -0.15) is 0 Å². The average Bonchev–Trinajstić information content (AvgIpc) is 2.63. The molecule has 1 fully saturated rings. The quantitative estimate of drug-likeness (QED) is 0.768. The van der Waals surface area contributed by atoms with Gasteiger partial charge in [-0.3, -0.25) is 4.79 Å². The molecule has 0 atom stereocenters. The lowest BCUT2D eigenvalue weighted by molar-refractivity contribution is 0.0487. The van der Waals surface area contributed by atoms with Gasteiger partial charge in [-0.05, 0) is 48.7 Å². The summed E-state index contributed by atoms with van der Waals surface area (Å²) in [5.41, 5.74) is 0.906. The number of hydrogen-bond acceptors (Lipinski definition) is 2. The van der Waals surface area contributed by atoms with Gasteiger partial charge in [0.2, 0.25) is 0 Å². The molecule has 0 bridgehead atoms. The Morgan fingerprint density at radius 1 is 1.20 bits per heavy atom. The maximum Gasteiger partial charge on any atom is 0.254 e. The number of benzene rings is 2. The van der Waals surface area contributed by atoms with Crippen molar-refractivity contribution in [1.29, 1.82) is 0 Å². The van der Waals surface area contributed by atoms with Crippen LogP contribution in [0.1, 0.15) is 28.8 Å². The van der Waals surface area contributed by atoms with Crippen LogP contribution in [0, 0.1) is 5.82 Å². The van der Waals surface area contributed by atoms with E-state index in [-0.39, 0.29) is 11.0 Å². The zero-order valence-corrected chi connectivity index (χ0v) is 15.9. The standard InChI is InChI=1S/C19H18BrClFNO2/c20-14-3-6-17(22)16(11-14)18(24)23-12-19(7-9-25-10-8-19)13-1-4-15(21)5-2-13/h1-6,11H,7-10,12H2,(H,23,24). The molecule has 0 saturated carbocycles. The topological polar surface area (TPSA) is 38.3 Å². The van der Waals surface area contributed by atoms with E-state index in [0.29, 0.717) is 29.3 Å². The summed E-state index contributed by atoms with van der Waals surface area (Å²) in [6.45, 7) is 1.68. The van der Waals surface area contributed by atoms with Crippen LogP contribution in [0.25, 0.3) is 0 Å². The highest BCUT2D eigenvalue weighted by atomic mass is 79.9. The second-order valence-corrected chi connectivity index (χ2v) is 7.56. The van der Waals surface area contributed by atoms with Crippen molar-refractivity contribution in [1.82, 2.24) is 5.32 Å². The zero-order chi connectivity index (χ0) is 17.9. The lowest BCUT2D eigenvalue weighted by Gasteiger charge is -2.38. The van der Waals surface area contributed by atoms with Crippen molar-refractivity contribution in [2.24, 2.45) is 0 Å². The molecule has 1 amide bonds. The molecule has 2 aromatic carbocycles. The van der Waals surface area contributed by atoms with Gasteiger partial charge in [0.1, 0.15) is 5.82 Å². The molecule has 0 unspecified atom stereocenters. The smallest absolute Gasteiger partial charge is 0.254 e. The number of carbonyl (C=O) groups is 1. The molecular formula is C19H18BrClFNO2. The number of hydrogen-bond donors (Lipinski definition) is 1. The predicted molar refractivity (Wildman–Crippen MR) is 99.6 cm³/mol. The van der Waals surface area contributed by atoms with Gasteiger partial charge in [0.15, 0.2) is 0 Å². The summed E-state index contributed by atoms with van der Waals surface area (Å²) >= 11 is 9.27. The molecule has 3 rings (SSSR count). The molecule has 0 aromatic heterocycles. The second-order valence-electron chi connectivity index (χ2n) is 6.21. The Morgan fingerprint density at radius 3 is 2.56 bits per heavy atom. The molecule has 1 aliphatic rings. The summed E-state index contributed by atoms with van der Waals surface area (Å²) in [5.74, 6) is -0.952. The molecule has 1 saturated heterocycles. The highest BCUT2D eigenvalue weighted by molar-refractivity contribution is 9.10. The first-order valence-electron chi connectivity index (χ1n) is 8.07. The van der Waals surface area contributed by atoms with Crippen molar-refractivity contribution in [3.8, 4) is 0 Å². The molecule has 2 aromatic rings. The Kier molecular flexibility index (Phi) is 5.77. The van der Waals surface area contributed by atoms with Crippen LogP contribution in [0.15, 0.2) is 46.9 Å². The van der Waals surface area contributed by atoms with Crippen molar-refractivity contribution >= 4 is 33.4 Å². The van der Waals surface area contributed by atoms with Crippen LogP contribution in [0.3, 0.4) is 0 Å². The zero-order valence-electron chi connectivity index (χ0n) is 13.5. The highest BCUT2D eigenvalue weighted by Gasteiger charge is 2.35. The molecule has 0 aliphatic carbocycles. The van der Waals surface area contributed by atoms with E-state index in [0.717, 1.165) is 18.4 Å². The number of ether oxygens (including phenoxy) is 1. The van der Waals surface area contributed by atoms with E-state index in [2.05, 4.69) is 21.2 Å². The summed E-state index contributed by atoms with van der Waals surface area (Å²) in [5, 5.41) is 3.57. The minimum Gasteiger partial charge on any atom is -0.381 e. The minimum atomic E-state index is -0.534. The largest absolute Gasteiger partial charge is 0.381 e. The number of carbonyl (C=O) groups excluding carboxylic acids is 1. The molecule has 1 aliphatic heterocycles. The third-order valence-corrected chi connectivity index (χ3v) is 5.41. The van der Waals surface area contributed by atoms with Gasteiger partial charge in [0, 0.05) is 34.7 Å². The van der Waals surface area contributed by atoms with Crippen LogP contribution < -0.4 is 5.32 Å². The maximum absolute atomic E-state index is 13.9. The fourth-order valence-corrected chi connectivity index (χ4v) is 3.64. The molecule has 3 nitrogen and oxygen atoms in total. The van der Waals surface area contributed by atoms with E-state index in [1.165, 1.54) is 12.1 Å². The summed E-state index contributed by atoms with van der Waals surface area (Å²) in [6, 6.07) is 12.0. The Morgan fingerprint density at radius 2 is 1.88 bits per heavy atom. The Labute approximate surface area is 159 Å². The minimum absolute atomic E-state index is 0.0349. The van der Waals surface area contributed by atoms with E-state index < -0.39 is 11.7 Å². The Balaban J connectivity index is 1.80. The maximum atomic E-state index is 13.9. The van der Waals surface area contributed by atoms with Crippen LogP contribution in [0.4, 0.5) is 4.39 Å². The third-order valence-electron chi connectivity index (χ3n) is 4.67. The third kappa shape index (κ3) is 4.22. The molecule has 0 spiro atoms. The lowest BCUT2D eigenvalue weighted by Crippen LogP contribution is -2.44. The van der Waals surface area contributed by atoms with Gasteiger partial charge in [0.25, 0.3) is 5.91 Å². The van der Waals surface area contributed by atoms with Crippen molar-refractivity contribution < 1.29 is 13.9 Å². The monoisotopic (exact) mass is 425 g/mol. The fourth-order valence-electron chi connectivity index (χ4n) is 3.15. The normalized spacial score (nSPS) is 16.4. The van der Waals surface area contributed by atoms with Crippen molar-refractivity contribution in [2.45, 2.75) is 18.3 Å². The molecule has 6 heteroatoms. The van der Waals surface area contributed by atoms with Crippen molar-refractivity contribution in [3.05, 3.63) is 68.9 Å². The number of nitrogens with one attached hydrogen (secondary N) is 1. The van der Waals surface area contributed by atoms with Gasteiger partial charge < -0.3 is 10.1 Å². The van der Waals surface area contributed by atoms with Crippen LogP contribution in [0.5, 0.6) is 0 Å². The molecular weight excluding hydrogens is 409 g/mol. The van der Waals surface area contributed by atoms with Crippen LogP contribution in [0.2, 0.25) is 5.02 Å². The van der Waals surface area contributed by atoms with E-state index >= 15 is 0 Å². The summed E-state index contributed by atoms with van der Waals surface area (Å²) < 4.78 is 20.1. The van der Waals surface area contributed by atoms with Crippen molar-refractivity contribution in [3.63, 3.8) is 0 Å². The van der Waals surface area contributed by atoms with Gasteiger partial charge >= 0.3 is 0 Å². The first kappa shape index (κ1) is 18.4. The average molecular weight is 427 g/mol. The molecule has 0 radical (unpaired) electrons. The van der Waals surface area contributed by atoms with E-state index in [9.17, 15) is 9.18 Å².